The van der Waals surface area contributed by atoms with Crippen molar-refractivity contribution < 1.29 is 4.74 Å². The molecule has 1 N–H and O–H groups in total. The Kier molecular flexibility index (Phi) is 4.45. The van der Waals surface area contributed by atoms with E-state index in [9.17, 15) is 0 Å². The van der Waals surface area contributed by atoms with Crippen LogP contribution in [-0.2, 0) is 6.54 Å². The third-order valence-electron chi connectivity index (χ3n) is 3.17. The minimum absolute atomic E-state index is 0.683. The zero-order valence-electron chi connectivity index (χ0n) is 11.9. The molecule has 0 saturated carbocycles. The second-order valence-corrected chi connectivity index (χ2v) is 4.71. The predicted octanol–water partition coefficient (Wildman–Crippen LogP) is 4.31. The molecule has 0 saturated heterocycles. The highest BCUT2D eigenvalue weighted by molar-refractivity contribution is 5.58. The van der Waals surface area contributed by atoms with Gasteiger partial charge in [-0.05, 0) is 49.6 Å². The lowest BCUT2D eigenvalue weighted by atomic mass is 10.1. The number of hydrogen-bond donors (Lipinski definition) is 1. The van der Waals surface area contributed by atoms with E-state index in [4.69, 9.17) is 4.74 Å². The van der Waals surface area contributed by atoms with Crippen LogP contribution >= 0.6 is 0 Å². The largest absolute Gasteiger partial charge is 0.492 e. The molecule has 100 valence electrons. The van der Waals surface area contributed by atoms with Gasteiger partial charge in [0.25, 0.3) is 0 Å². The lowest BCUT2D eigenvalue weighted by Crippen LogP contribution is -2.04. The van der Waals surface area contributed by atoms with Crippen molar-refractivity contribution >= 4 is 5.69 Å². The van der Waals surface area contributed by atoms with Crippen molar-refractivity contribution in [3.8, 4) is 5.75 Å². The molecule has 0 amide bonds. The van der Waals surface area contributed by atoms with Gasteiger partial charge in [0, 0.05) is 6.54 Å². The lowest BCUT2D eigenvalue weighted by molar-refractivity contribution is 0.341. The van der Waals surface area contributed by atoms with Gasteiger partial charge in [0.2, 0.25) is 0 Å². The molecule has 2 rings (SSSR count). The van der Waals surface area contributed by atoms with E-state index in [0.717, 1.165) is 18.0 Å². The van der Waals surface area contributed by atoms with Crippen LogP contribution in [0, 0.1) is 13.8 Å². The van der Waals surface area contributed by atoms with Gasteiger partial charge >= 0.3 is 0 Å². The number of ether oxygens (including phenoxy) is 1. The van der Waals surface area contributed by atoms with Crippen LogP contribution in [-0.4, -0.2) is 6.61 Å². The zero-order chi connectivity index (χ0) is 13.7. The van der Waals surface area contributed by atoms with Gasteiger partial charge < -0.3 is 10.1 Å². The van der Waals surface area contributed by atoms with E-state index in [1.54, 1.807) is 0 Å². The van der Waals surface area contributed by atoms with Gasteiger partial charge in [-0.25, -0.2) is 0 Å². The average molecular weight is 255 g/mol. The summed E-state index contributed by atoms with van der Waals surface area (Å²) in [6.45, 7) is 7.72. The fourth-order valence-electron chi connectivity index (χ4n) is 2.05. The maximum Gasteiger partial charge on any atom is 0.142 e. The third kappa shape index (κ3) is 3.50. The van der Waals surface area contributed by atoms with Gasteiger partial charge in [-0.1, -0.05) is 30.3 Å². The maximum atomic E-state index is 5.67. The molecule has 0 aliphatic rings. The second-order valence-electron chi connectivity index (χ2n) is 4.71. The second kappa shape index (κ2) is 6.28. The molecule has 0 unspecified atom stereocenters. The number of hydrogen-bond acceptors (Lipinski definition) is 2. The molecule has 0 atom stereocenters. The molecule has 2 nitrogen and oxygen atoms in total. The lowest BCUT2D eigenvalue weighted by Gasteiger charge is -2.14. The van der Waals surface area contributed by atoms with Crippen LogP contribution in [0.5, 0.6) is 5.75 Å². The zero-order valence-corrected chi connectivity index (χ0v) is 11.9. The van der Waals surface area contributed by atoms with Gasteiger partial charge in [0.1, 0.15) is 5.75 Å². The Morgan fingerprint density at radius 1 is 1.05 bits per heavy atom. The molecule has 19 heavy (non-hydrogen) atoms. The molecule has 0 spiro atoms. The van der Waals surface area contributed by atoms with Crippen LogP contribution < -0.4 is 10.1 Å². The number of anilines is 1. The summed E-state index contributed by atoms with van der Waals surface area (Å²) in [7, 11) is 0. The Labute approximate surface area is 115 Å². The quantitative estimate of drug-likeness (QED) is 0.859. The highest BCUT2D eigenvalue weighted by Crippen LogP contribution is 2.26. The van der Waals surface area contributed by atoms with Crippen LogP contribution in [0.25, 0.3) is 0 Å². The summed E-state index contributed by atoms with van der Waals surface area (Å²) in [5.74, 6) is 0.927. The summed E-state index contributed by atoms with van der Waals surface area (Å²) >= 11 is 0. The number of nitrogens with one attached hydrogen (secondary N) is 1. The molecular formula is C17H21NO. The first-order valence-corrected chi connectivity index (χ1v) is 6.72. The van der Waals surface area contributed by atoms with E-state index in [2.05, 4.69) is 61.6 Å². The Hall–Kier alpha value is -1.96. The summed E-state index contributed by atoms with van der Waals surface area (Å²) in [5.41, 5.74) is 4.88. The predicted molar refractivity (Wildman–Crippen MR) is 80.9 cm³/mol. The van der Waals surface area contributed by atoms with Gasteiger partial charge in [-0.2, -0.15) is 0 Å². The number of aryl methyl sites for hydroxylation is 2. The molecule has 2 aromatic rings. The first kappa shape index (κ1) is 13.5. The van der Waals surface area contributed by atoms with Crippen molar-refractivity contribution in [1.82, 2.24) is 0 Å². The first-order chi connectivity index (χ1) is 9.20. The topological polar surface area (TPSA) is 21.3 Å². The molecule has 0 aromatic heterocycles. The minimum atomic E-state index is 0.683. The van der Waals surface area contributed by atoms with Gasteiger partial charge in [0.05, 0.1) is 12.3 Å². The smallest absolute Gasteiger partial charge is 0.142 e. The van der Waals surface area contributed by atoms with Crippen LogP contribution in [0.4, 0.5) is 5.69 Å². The molecule has 2 heteroatoms. The number of benzene rings is 2. The summed E-state index contributed by atoms with van der Waals surface area (Å²) in [5, 5.41) is 3.46. The van der Waals surface area contributed by atoms with Crippen molar-refractivity contribution in [3.63, 3.8) is 0 Å². The van der Waals surface area contributed by atoms with Crippen molar-refractivity contribution in [2.45, 2.75) is 27.3 Å². The van der Waals surface area contributed by atoms with Crippen molar-refractivity contribution in [1.29, 1.82) is 0 Å². The Morgan fingerprint density at radius 2 is 1.84 bits per heavy atom. The summed E-state index contributed by atoms with van der Waals surface area (Å²) in [6.07, 6.45) is 0. The van der Waals surface area contributed by atoms with Crippen molar-refractivity contribution in [2.75, 3.05) is 11.9 Å². The summed E-state index contributed by atoms with van der Waals surface area (Å²) in [4.78, 5) is 0. The van der Waals surface area contributed by atoms with Gasteiger partial charge in [0.15, 0.2) is 0 Å². The minimum Gasteiger partial charge on any atom is -0.492 e. The van der Waals surface area contributed by atoms with Crippen LogP contribution in [0.3, 0.4) is 0 Å². The molecule has 0 radical (unpaired) electrons. The van der Waals surface area contributed by atoms with Gasteiger partial charge in [-0.3, -0.25) is 0 Å². The van der Waals surface area contributed by atoms with E-state index in [1.807, 2.05) is 6.92 Å². The monoisotopic (exact) mass is 255 g/mol. The van der Waals surface area contributed by atoms with Crippen molar-refractivity contribution in [2.24, 2.45) is 0 Å². The first-order valence-electron chi connectivity index (χ1n) is 6.72. The van der Waals surface area contributed by atoms with E-state index in [0.29, 0.717) is 6.61 Å². The SMILES string of the molecule is CCOc1cc(C)ccc1NCc1ccccc1C. The van der Waals surface area contributed by atoms with E-state index < -0.39 is 0 Å². The highest BCUT2D eigenvalue weighted by Gasteiger charge is 2.04. The van der Waals surface area contributed by atoms with Crippen LogP contribution in [0.15, 0.2) is 42.5 Å². The van der Waals surface area contributed by atoms with E-state index in [1.165, 1.54) is 16.7 Å². The van der Waals surface area contributed by atoms with Crippen molar-refractivity contribution in [3.05, 3.63) is 59.2 Å². The molecule has 0 aliphatic heterocycles. The average Bonchev–Trinajstić information content (AvgIpc) is 2.40. The third-order valence-corrected chi connectivity index (χ3v) is 3.17. The maximum absolute atomic E-state index is 5.67. The van der Waals surface area contributed by atoms with E-state index in [-0.39, 0.29) is 0 Å². The van der Waals surface area contributed by atoms with Crippen LogP contribution in [0.2, 0.25) is 0 Å². The molecular weight excluding hydrogens is 234 g/mol. The van der Waals surface area contributed by atoms with Gasteiger partial charge in [-0.15, -0.1) is 0 Å². The molecule has 0 aliphatic carbocycles. The Morgan fingerprint density at radius 3 is 2.58 bits per heavy atom. The molecule has 0 bridgehead atoms. The van der Waals surface area contributed by atoms with E-state index >= 15 is 0 Å². The normalized spacial score (nSPS) is 10.3. The molecule has 0 fully saturated rings. The fourth-order valence-corrected chi connectivity index (χ4v) is 2.05. The van der Waals surface area contributed by atoms with Crippen LogP contribution in [0.1, 0.15) is 23.6 Å². The Bertz CT molecular complexity index is 549. The Balaban J connectivity index is 2.13. The highest BCUT2D eigenvalue weighted by atomic mass is 16.5. The standard InChI is InChI=1S/C17H21NO/c1-4-19-17-11-13(2)9-10-16(17)18-12-15-8-6-5-7-14(15)3/h5-11,18H,4,12H2,1-3H3. The number of rotatable bonds is 5. The fraction of sp³-hybridized carbons (Fsp3) is 0.294. The summed E-state index contributed by atoms with van der Waals surface area (Å²) in [6, 6.07) is 14.7. The molecule has 2 aromatic carbocycles. The molecule has 0 heterocycles. The summed E-state index contributed by atoms with van der Waals surface area (Å²) < 4.78 is 5.67.